The summed E-state index contributed by atoms with van der Waals surface area (Å²) in [6.07, 6.45) is 0. The first-order valence-corrected chi connectivity index (χ1v) is 13.3. The van der Waals surface area contributed by atoms with Gasteiger partial charge in [-0.15, -0.1) is 0 Å². The number of likely N-dealkylation sites (N-methyl/N-ethyl adjacent to an activating group) is 1. The normalized spacial score (nSPS) is 18.6. The topological polar surface area (TPSA) is 82.2 Å². The second-order valence-electron chi connectivity index (χ2n) is 10.3. The van der Waals surface area contributed by atoms with Gasteiger partial charge in [0.25, 0.3) is 5.91 Å². The summed E-state index contributed by atoms with van der Waals surface area (Å²) in [5.74, 6) is -0.0288. The zero-order chi connectivity index (χ0) is 27.4. The Morgan fingerprint density at radius 2 is 1.63 bits per heavy atom. The maximum Gasteiger partial charge on any atom is 0.338 e. The van der Waals surface area contributed by atoms with Crippen molar-refractivity contribution < 1.29 is 19.1 Å². The van der Waals surface area contributed by atoms with Gasteiger partial charge in [0.05, 0.1) is 18.2 Å². The molecule has 0 saturated carbocycles. The summed E-state index contributed by atoms with van der Waals surface area (Å²) in [7, 11) is 1.68. The molecule has 202 valence electrons. The molecule has 0 aliphatic carbocycles. The summed E-state index contributed by atoms with van der Waals surface area (Å²) in [4.78, 5) is 44.8. The van der Waals surface area contributed by atoms with Crippen LogP contribution in [0.15, 0.2) is 59.8 Å². The third-order valence-corrected chi connectivity index (χ3v) is 7.34. The molecule has 2 aromatic rings. The van der Waals surface area contributed by atoms with Gasteiger partial charge in [-0.1, -0.05) is 55.8 Å². The van der Waals surface area contributed by atoms with Gasteiger partial charge in [0.2, 0.25) is 0 Å². The number of esters is 1. The van der Waals surface area contributed by atoms with E-state index in [2.05, 4.69) is 24.1 Å². The Morgan fingerprint density at radius 3 is 2.21 bits per heavy atom. The van der Waals surface area contributed by atoms with Crippen molar-refractivity contribution in [2.75, 3.05) is 46.4 Å². The average molecular weight is 519 g/mol. The highest BCUT2D eigenvalue weighted by molar-refractivity contribution is 5.95. The second-order valence-corrected chi connectivity index (χ2v) is 10.3. The monoisotopic (exact) mass is 518 g/mol. The molecule has 2 heterocycles. The van der Waals surface area contributed by atoms with Crippen molar-refractivity contribution in [1.29, 1.82) is 0 Å². The molecule has 0 bridgehead atoms. The van der Waals surface area contributed by atoms with Crippen LogP contribution >= 0.6 is 0 Å². The molecule has 0 spiro atoms. The van der Waals surface area contributed by atoms with Gasteiger partial charge < -0.3 is 15.0 Å². The Balaban J connectivity index is 1.56. The first-order chi connectivity index (χ1) is 18.2. The quantitative estimate of drug-likeness (QED) is 0.559. The Hall–Kier alpha value is -3.65. The predicted octanol–water partition coefficient (Wildman–Crippen LogP) is 4.09. The molecule has 1 unspecified atom stereocenters. The van der Waals surface area contributed by atoms with Crippen LogP contribution in [-0.4, -0.2) is 79.0 Å². The number of aryl methyl sites for hydroxylation is 1. The SMILES string of the molecule is CCOC(=O)C1=C(CN2CCN(C(=O)c3ccc(C)cc3)CC2)N(C)C(=O)NC1c1ccc(C(C)C)cc1. The van der Waals surface area contributed by atoms with Crippen LogP contribution in [0.25, 0.3) is 0 Å². The van der Waals surface area contributed by atoms with E-state index in [1.165, 1.54) is 10.5 Å². The largest absolute Gasteiger partial charge is 0.463 e. The van der Waals surface area contributed by atoms with Gasteiger partial charge in [0, 0.05) is 51.0 Å². The third-order valence-electron chi connectivity index (χ3n) is 7.34. The van der Waals surface area contributed by atoms with Crippen LogP contribution in [0.1, 0.15) is 59.8 Å². The molecule has 1 saturated heterocycles. The fraction of sp³-hybridized carbons (Fsp3) is 0.433. The summed E-state index contributed by atoms with van der Waals surface area (Å²) < 4.78 is 5.46. The highest BCUT2D eigenvalue weighted by Gasteiger charge is 2.37. The number of hydrogen-bond donors (Lipinski definition) is 1. The number of piperazine rings is 1. The Morgan fingerprint density at radius 1 is 1.00 bits per heavy atom. The van der Waals surface area contributed by atoms with E-state index in [-0.39, 0.29) is 18.5 Å². The van der Waals surface area contributed by atoms with Crippen LogP contribution in [-0.2, 0) is 9.53 Å². The molecule has 3 amide bonds. The number of carbonyl (C=O) groups excluding carboxylic acids is 3. The van der Waals surface area contributed by atoms with Gasteiger partial charge in [0.1, 0.15) is 0 Å². The van der Waals surface area contributed by atoms with Crippen molar-refractivity contribution in [3.63, 3.8) is 0 Å². The Bertz CT molecular complexity index is 1200. The standard InChI is InChI=1S/C30H38N4O4/c1-6-38-29(36)26-25(32(5)30(37)31-27(26)23-13-11-22(12-14-23)20(2)3)19-33-15-17-34(18-16-33)28(35)24-9-7-21(4)8-10-24/h7-14,20,27H,6,15-19H2,1-5H3,(H,31,37). The van der Waals surface area contributed by atoms with E-state index in [9.17, 15) is 14.4 Å². The number of carbonyl (C=O) groups is 3. The summed E-state index contributed by atoms with van der Waals surface area (Å²) in [5.41, 5.74) is 4.91. The molecule has 0 radical (unpaired) electrons. The van der Waals surface area contributed by atoms with E-state index in [1.807, 2.05) is 60.4 Å². The zero-order valence-electron chi connectivity index (χ0n) is 23.0. The summed E-state index contributed by atoms with van der Waals surface area (Å²) in [6, 6.07) is 14.8. The molecule has 4 rings (SSSR count). The second kappa shape index (κ2) is 11.8. The summed E-state index contributed by atoms with van der Waals surface area (Å²) in [5, 5.41) is 2.99. The van der Waals surface area contributed by atoms with Gasteiger partial charge in [-0.2, -0.15) is 0 Å². The van der Waals surface area contributed by atoms with Crippen LogP contribution < -0.4 is 5.32 Å². The first kappa shape index (κ1) is 27.4. The summed E-state index contributed by atoms with van der Waals surface area (Å²) in [6.45, 7) is 11.1. The minimum atomic E-state index is -0.599. The van der Waals surface area contributed by atoms with Gasteiger partial charge in [-0.3, -0.25) is 14.6 Å². The first-order valence-electron chi connectivity index (χ1n) is 13.3. The highest BCUT2D eigenvalue weighted by Crippen LogP contribution is 2.32. The number of urea groups is 1. The maximum absolute atomic E-state index is 13.3. The summed E-state index contributed by atoms with van der Waals surface area (Å²) >= 11 is 0. The Kier molecular flexibility index (Phi) is 8.52. The third kappa shape index (κ3) is 5.91. The van der Waals surface area contributed by atoms with Crippen molar-refractivity contribution >= 4 is 17.9 Å². The molecule has 38 heavy (non-hydrogen) atoms. The van der Waals surface area contributed by atoms with Crippen molar-refractivity contribution in [3.8, 4) is 0 Å². The van der Waals surface area contributed by atoms with E-state index < -0.39 is 12.0 Å². The molecular weight excluding hydrogens is 480 g/mol. The molecule has 1 N–H and O–H groups in total. The minimum absolute atomic E-state index is 0.0233. The lowest BCUT2D eigenvalue weighted by Gasteiger charge is -2.39. The Labute approximate surface area is 225 Å². The van der Waals surface area contributed by atoms with Gasteiger partial charge in [-0.25, -0.2) is 9.59 Å². The average Bonchev–Trinajstić information content (AvgIpc) is 2.91. The molecule has 8 heteroatoms. The molecule has 1 fully saturated rings. The number of ether oxygens (including phenoxy) is 1. The molecular formula is C30H38N4O4. The predicted molar refractivity (Wildman–Crippen MR) is 147 cm³/mol. The van der Waals surface area contributed by atoms with E-state index in [0.717, 1.165) is 11.1 Å². The van der Waals surface area contributed by atoms with E-state index >= 15 is 0 Å². The number of nitrogens with one attached hydrogen (secondary N) is 1. The van der Waals surface area contributed by atoms with Crippen LogP contribution in [0.3, 0.4) is 0 Å². The van der Waals surface area contributed by atoms with E-state index in [4.69, 9.17) is 4.74 Å². The number of amides is 3. The fourth-order valence-corrected chi connectivity index (χ4v) is 4.92. The molecule has 2 aliphatic heterocycles. The highest BCUT2D eigenvalue weighted by atomic mass is 16.5. The van der Waals surface area contributed by atoms with Crippen molar-refractivity contribution in [2.45, 2.75) is 39.7 Å². The van der Waals surface area contributed by atoms with Crippen LogP contribution in [0, 0.1) is 6.92 Å². The molecule has 0 aromatic heterocycles. The molecule has 1 atom stereocenters. The number of benzene rings is 2. The zero-order valence-corrected chi connectivity index (χ0v) is 23.0. The van der Waals surface area contributed by atoms with Crippen molar-refractivity contribution in [3.05, 3.63) is 82.1 Å². The van der Waals surface area contributed by atoms with Crippen LogP contribution in [0.4, 0.5) is 4.79 Å². The molecule has 2 aromatic carbocycles. The van der Waals surface area contributed by atoms with Crippen molar-refractivity contribution in [1.82, 2.24) is 20.0 Å². The lowest BCUT2D eigenvalue weighted by Crippen LogP contribution is -2.53. The van der Waals surface area contributed by atoms with Crippen LogP contribution in [0.2, 0.25) is 0 Å². The van der Waals surface area contributed by atoms with Gasteiger partial charge >= 0.3 is 12.0 Å². The minimum Gasteiger partial charge on any atom is -0.463 e. The molecule has 8 nitrogen and oxygen atoms in total. The molecule has 2 aliphatic rings. The van der Waals surface area contributed by atoms with Crippen molar-refractivity contribution in [2.24, 2.45) is 0 Å². The smallest absolute Gasteiger partial charge is 0.338 e. The maximum atomic E-state index is 13.3. The van der Waals surface area contributed by atoms with Gasteiger partial charge in [0.15, 0.2) is 0 Å². The van der Waals surface area contributed by atoms with E-state index in [1.54, 1.807) is 14.0 Å². The van der Waals surface area contributed by atoms with Gasteiger partial charge in [-0.05, 0) is 43.0 Å². The van der Waals surface area contributed by atoms with E-state index in [0.29, 0.717) is 55.5 Å². The fourth-order valence-electron chi connectivity index (χ4n) is 4.92. The van der Waals surface area contributed by atoms with Crippen LogP contribution in [0.5, 0.6) is 0 Å². The number of rotatable bonds is 7. The number of hydrogen-bond acceptors (Lipinski definition) is 5. The number of nitrogens with zero attached hydrogens (tertiary/aromatic N) is 3. The lowest BCUT2D eigenvalue weighted by atomic mass is 9.92. The lowest BCUT2D eigenvalue weighted by molar-refractivity contribution is -0.139.